The molecule has 3 aromatic rings. The van der Waals surface area contributed by atoms with Crippen LogP contribution in [0.2, 0.25) is 0 Å². The van der Waals surface area contributed by atoms with Crippen LogP contribution in [0.1, 0.15) is 12.5 Å². The third-order valence-corrected chi connectivity index (χ3v) is 5.17. The summed E-state index contributed by atoms with van der Waals surface area (Å²) in [7, 11) is 3.29. The molecule has 0 amide bonds. The van der Waals surface area contributed by atoms with Gasteiger partial charge in [0.15, 0.2) is 0 Å². The normalized spacial score (nSPS) is 13.2. The quantitative estimate of drug-likeness (QED) is 0.611. The Kier molecular flexibility index (Phi) is 5.75. The summed E-state index contributed by atoms with van der Waals surface area (Å²) in [6.45, 7) is 3.98. The number of carboxylic acids is 1. The molecule has 2 aromatic carbocycles. The number of rotatable bonds is 7. The van der Waals surface area contributed by atoms with Crippen molar-refractivity contribution in [2.24, 2.45) is 5.41 Å². The van der Waals surface area contributed by atoms with Gasteiger partial charge in [-0.25, -0.2) is 4.79 Å². The van der Waals surface area contributed by atoms with Gasteiger partial charge in [0.1, 0.15) is 11.0 Å². The molecule has 29 heavy (non-hydrogen) atoms. The lowest BCUT2D eigenvalue weighted by Gasteiger charge is -2.30. The molecule has 1 heterocycles. The highest BCUT2D eigenvalue weighted by molar-refractivity contribution is 5.95. The Bertz CT molecular complexity index is 1100. The van der Waals surface area contributed by atoms with Gasteiger partial charge in [-0.15, -0.1) is 0 Å². The fourth-order valence-electron chi connectivity index (χ4n) is 3.60. The molecule has 0 saturated heterocycles. The number of hydrogen-bond donors (Lipinski definition) is 1. The molecule has 0 bridgehead atoms. The Hall–Kier alpha value is -3.12. The fraction of sp³-hybridized carbons (Fsp3) is 0.304. The topological polar surface area (TPSA) is 80.0 Å². The summed E-state index contributed by atoms with van der Waals surface area (Å²) >= 11 is 0. The minimum absolute atomic E-state index is 0.0900. The van der Waals surface area contributed by atoms with Crippen molar-refractivity contribution in [1.29, 1.82) is 0 Å². The largest absolute Gasteiger partial charge is 0.481 e. The smallest absolute Gasteiger partial charge is 0.336 e. The second-order valence-electron chi connectivity index (χ2n) is 7.63. The van der Waals surface area contributed by atoms with Crippen LogP contribution >= 0.6 is 0 Å². The molecular formula is C23H25NO5. The SMILES string of the molecule is COC[C@@](C)(CN(C)c1ccc2c(-c3ccccc3C)cc(=O)oc2c1)C(=O)O. The first-order valence-electron chi connectivity index (χ1n) is 9.32. The van der Waals surface area contributed by atoms with Crippen molar-refractivity contribution in [2.75, 3.05) is 32.2 Å². The maximum Gasteiger partial charge on any atom is 0.336 e. The van der Waals surface area contributed by atoms with E-state index in [-0.39, 0.29) is 13.2 Å². The molecule has 0 saturated carbocycles. The van der Waals surface area contributed by atoms with Crippen molar-refractivity contribution in [3.8, 4) is 11.1 Å². The summed E-state index contributed by atoms with van der Waals surface area (Å²) < 4.78 is 10.6. The predicted octanol–water partition coefficient (Wildman–Crippen LogP) is 3.94. The Morgan fingerprint density at radius 1 is 1.17 bits per heavy atom. The minimum Gasteiger partial charge on any atom is -0.481 e. The monoisotopic (exact) mass is 395 g/mol. The summed E-state index contributed by atoms with van der Waals surface area (Å²) in [5, 5.41) is 10.4. The van der Waals surface area contributed by atoms with Gasteiger partial charge in [0, 0.05) is 49.5 Å². The molecule has 0 radical (unpaired) electrons. The van der Waals surface area contributed by atoms with Gasteiger partial charge in [-0.05, 0) is 37.1 Å². The van der Waals surface area contributed by atoms with E-state index in [1.54, 1.807) is 20.0 Å². The molecule has 6 nitrogen and oxygen atoms in total. The summed E-state index contributed by atoms with van der Waals surface area (Å²) in [5.74, 6) is -0.930. The average molecular weight is 395 g/mol. The van der Waals surface area contributed by atoms with Crippen molar-refractivity contribution in [3.05, 3.63) is 64.5 Å². The van der Waals surface area contributed by atoms with E-state index >= 15 is 0 Å². The second-order valence-corrected chi connectivity index (χ2v) is 7.63. The van der Waals surface area contributed by atoms with Crippen LogP contribution in [0.4, 0.5) is 5.69 Å². The molecule has 3 rings (SSSR count). The van der Waals surface area contributed by atoms with Gasteiger partial charge in [0.25, 0.3) is 0 Å². The molecule has 0 fully saturated rings. The predicted molar refractivity (Wildman–Crippen MR) is 114 cm³/mol. The summed E-state index contributed by atoms with van der Waals surface area (Å²) in [5.41, 5.74) is 2.59. The molecule has 0 aliphatic carbocycles. The van der Waals surface area contributed by atoms with Crippen molar-refractivity contribution in [1.82, 2.24) is 0 Å². The fourth-order valence-corrected chi connectivity index (χ4v) is 3.60. The Morgan fingerprint density at radius 2 is 1.90 bits per heavy atom. The molecular weight excluding hydrogens is 370 g/mol. The van der Waals surface area contributed by atoms with Crippen LogP contribution < -0.4 is 10.5 Å². The van der Waals surface area contributed by atoms with Crippen molar-refractivity contribution >= 4 is 22.6 Å². The second kappa shape index (κ2) is 8.09. The van der Waals surface area contributed by atoms with Crippen LogP contribution in [-0.2, 0) is 9.53 Å². The Morgan fingerprint density at radius 3 is 2.55 bits per heavy atom. The van der Waals surface area contributed by atoms with Gasteiger partial charge in [-0.1, -0.05) is 24.3 Å². The average Bonchev–Trinajstić information content (AvgIpc) is 2.67. The van der Waals surface area contributed by atoms with Crippen LogP contribution in [0.15, 0.2) is 57.7 Å². The zero-order valence-electron chi connectivity index (χ0n) is 17.1. The Labute approximate surface area is 169 Å². The van der Waals surface area contributed by atoms with Crippen molar-refractivity contribution in [3.63, 3.8) is 0 Å². The van der Waals surface area contributed by atoms with Crippen LogP contribution in [0.5, 0.6) is 0 Å². The number of ether oxygens (including phenoxy) is 1. The number of benzene rings is 2. The summed E-state index contributed by atoms with van der Waals surface area (Å²) in [6.07, 6.45) is 0. The van der Waals surface area contributed by atoms with Gasteiger partial charge >= 0.3 is 11.6 Å². The van der Waals surface area contributed by atoms with E-state index in [0.29, 0.717) is 5.58 Å². The maximum atomic E-state index is 12.2. The van der Waals surface area contributed by atoms with E-state index in [4.69, 9.17) is 9.15 Å². The number of hydrogen-bond acceptors (Lipinski definition) is 5. The lowest BCUT2D eigenvalue weighted by molar-refractivity contribution is -0.150. The van der Waals surface area contributed by atoms with Crippen LogP contribution in [0.25, 0.3) is 22.1 Å². The highest BCUT2D eigenvalue weighted by atomic mass is 16.5. The van der Waals surface area contributed by atoms with Crippen molar-refractivity contribution in [2.45, 2.75) is 13.8 Å². The van der Waals surface area contributed by atoms with E-state index in [1.165, 1.54) is 13.2 Å². The number of aryl methyl sites for hydroxylation is 1. The lowest BCUT2D eigenvalue weighted by Crippen LogP contribution is -2.43. The van der Waals surface area contributed by atoms with Crippen molar-refractivity contribution < 1.29 is 19.1 Å². The first-order valence-corrected chi connectivity index (χ1v) is 9.32. The molecule has 0 aliphatic heterocycles. The standard InChI is InChI=1S/C23H25NO5/c1-15-7-5-6-8-17(15)19-12-21(25)29-20-11-16(9-10-18(19)20)24(3)13-23(2,14-28-4)22(26)27/h5-12H,13-14H2,1-4H3,(H,26,27)/t23-/m1/s1. The molecule has 0 aliphatic rings. The van der Waals surface area contributed by atoms with E-state index in [1.807, 2.05) is 48.2 Å². The summed E-state index contributed by atoms with van der Waals surface area (Å²) in [6, 6.07) is 15.0. The first-order chi connectivity index (χ1) is 13.7. The molecule has 0 spiro atoms. The lowest BCUT2D eigenvalue weighted by atomic mass is 9.91. The maximum absolute atomic E-state index is 12.2. The van der Waals surface area contributed by atoms with Gasteiger partial charge in [0.05, 0.1) is 6.61 Å². The number of aliphatic carboxylic acids is 1. The van der Waals surface area contributed by atoms with Crippen LogP contribution in [-0.4, -0.2) is 38.4 Å². The number of nitrogens with zero attached hydrogens (tertiary/aromatic N) is 1. The van der Waals surface area contributed by atoms with E-state index in [9.17, 15) is 14.7 Å². The third kappa shape index (κ3) is 4.17. The number of anilines is 1. The number of carbonyl (C=O) groups is 1. The zero-order chi connectivity index (χ0) is 21.2. The molecule has 1 aromatic heterocycles. The number of methoxy groups -OCH3 is 1. The van der Waals surface area contributed by atoms with Crippen LogP contribution in [0.3, 0.4) is 0 Å². The summed E-state index contributed by atoms with van der Waals surface area (Å²) in [4.78, 5) is 25.7. The highest BCUT2D eigenvalue weighted by Crippen LogP contribution is 2.32. The van der Waals surface area contributed by atoms with E-state index < -0.39 is 17.0 Å². The van der Waals surface area contributed by atoms with Gasteiger partial charge in [0.2, 0.25) is 0 Å². The van der Waals surface area contributed by atoms with E-state index in [0.717, 1.165) is 27.8 Å². The first kappa shape index (κ1) is 20.6. The number of fused-ring (bicyclic) bond motifs is 1. The molecule has 0 unspecified atom stereocenters. The van der Waals surface area contributed by atoms with Crippen LogP contribution in [0, 0.1) is 12.3 Å². The third-order valence-electron chi connectivity index (χ3n) is 5.17. The highest BCUT2D eigenvalue weighted by Gasteiger charge is 2.34. The van der Waals surface area contributed by atoms with Gasteiger partial charge in [-0.3, -0.25) is 4.79 Å². The van der Waals surface area contributed by atoms with Gasteiger partial charge < -0.3 is 19.2 Å². The molecule has 152 valence electrons. The molecule has 1 atom stereocenters. The molecule has 6 heteroatoms. The number of carboxylic acid groups (broad SMARTS) is 1. The van der Waals surface area contributed by atoms with E-state index in [2.05, 4.69) is 0 Å². The van der Waals surface area contributed by atoms with Gasteiger partial charge in [-0.2, -0.15) is 0 Å². The Balaban J connectivity index is 2.04. The molecule has 1 N–H and O–H groups in total. The minimum atomic E-state index is -1.07. The zero-order valence-corrected chi connectivity index (χ0v) is 17.1.